The molecule has 0 unspecified atom stereocenters. The van der Waals surface area contributed by atoms with E-state index in [2.05, 4.69) is 13.8 Å². The number of ketones is 1. The summed E-state index contributed by atoms with van der Waals surface area (Å²) >= 11 is 0. The Morgan fingerprint density at radius 3 is 2.67 bits per heavy atom. The van der Waals surface area contributed by atoms with Gasteiger partial charge >= 0.3 is 0 Å². The van der Waals surface area contributed by atoms with E-state index in [0.29, 0.717) is 11.7 Å². The second-order valence-electron chi connectivity index (χ2n) is 8.61. The molecule has 4 aliphatic carbocycles. The van der Waals surface area contributed by atoms with Gasteiger partial charge in [0.2, 0.25) is 0 Å². The second kappa shape index (κ2) is 4.44. The Balaban J connectivity index is 1.69. The number of hydrogen-bond acceptors (Lipinski definition) is 2. The summed E-state index contributed by atoms with van der Waals surface area (Å²) in [6.45, 7) is 4.76. The first-order chi connectivity index (χ1) is 9.95. The topological polar surface area (TPSA) is 37.3 Å². The van der Waals surface area contributed by atoms with Crippen LogP contribution >= 0.6 is 0 Å². The molecule has 4 rings (SSSR count). The van der Waals surface area contributed by atoms with Gasteiger partial charge < -0.3 is 5.11 Å². The number of carbonyl (C=O) groups is 1. The number of carbonyl (C=O) groups excluding carboxylic acids is 1. The van der Waals surface area contributed by atoms with Crippen molar-refractivity contribution < 1.29 is 9.90 Å². The van der Waals surface area contributed by atoms with Gasteiger partial charge in [-0.25, -0.2) is 0 Å². The minimum absolute atomic E-state index is 0.0823. The van der Waals surface area contributed by atoms with Crippen LogP contribution in [0.2, 0.25) is 0 Å². The summed E-state index contributed by atoms with van der Waals surface area (Å²) in [7, 11) is 0. The van der Waals surface area contributed by atoms with Crippen molar-refractivity contribution in [3.63, 3.8) is 0 Å². The molecular formula is C19H28O2. The SMILES string of the molecule is C[C@@]12CC[C@H]3[C@H](CCC4=CC(=O)CC[C@]43C)[C@@H]1CC[C@@H]2O. The fourth-order valence-electron chi connectivity index (χ4n) is 6.53. The summed E-state index contributed by atoms with van der Waals surface area (Å²) in [5.74, 6) is 2.57. The van der Waals surface area contributed by atoms with Crippen LogP contribution in [0.1, 0.15) is 65.2 Å². The molecular weight excluding hydrogens is 260 g/mol. The van der Waals surface area contributed by atoms with E-state index in [-0.39, 0.29) is 16.9 Å². The van der Waals surface area contributed by atoms with Crippen molar-refractivity contribution in [3.8, 4) is 0 Å². The zero-order valence-corrected chi connectivity index (χ0v) is 13.4. The van der Waals surface area contributed by atoms with E-state index in [0.717, 1.165) is 37.5 Å². The molecule has 0 radical (unpaired) electrons. The number of rotatable bonds is 0. The largest absolute Gasteiger partial charge is 0.393 e. The van der Waals surface area contributed by atoms with Crippen LogP contribution in [0.3, 0.4) is 0 Å². The Morgan fingerprint density at radius 2 is 1.86 bits per heavy atom. The van der Waals surface area contributed by atoms with Crippen molar-refractivity contribution in [2.75, 3.05) is 0 Å². The van der Waals surface area contributed by atoms with Gasteiger partial charge in [0.25, 0.3) is 0 Å². The van der Waals surface area contributed by atoms with E-state index >= 15 is 0 Å². The van der Waals surface area contributed by atoms with Gasteiger partial charge in [-0.15, -0.1) is 0 Å². The molecule has 0 aliphatic heterocycles. The molecule has 0 aromatic heterocycles. The zero-order valence-electron chi connectivity index (χ0n) is 13.4. The van der Waals surface area contributed by atoms with Gasteiger partial charge in [-0.3, -0.25) is 4.79 Å². The third-order valence-corrected chi connectivity index (χ3v) is 7.91. The lowest BCUT2D eigenvalue weighted by molar-refractivity contribution is -0.118. The monoisotopic (exact) mass is 288 g/mol. The Morgan fingerprint density at radius 1 is 1.05 bits per heavy atom. The number of hydrogen-bond donors (Lipinski definition) is 1. The van der Waals surface area contributed by atoms with E-state index in [4.69, 9.17) is 0 Å². The Bertz CT molecular complexity index is 508. The third kappa shape index (κ3) is 1.78. The molecule has 3 saturated carbocycles. The molecule has 0 heterocycles. The van der Waals surface area contributed by atoms with Gasteiger partial charge in [-0.05, 0) is 79.6 Å². The lowest BCUT2D eigenvalue weighted by Gasteiger charge is -2.57. The lowest BCUT2D eigenvalue weighted by Crippen LogP contribution is -2.51. The molecule has 6 atom stereocenters. The lowest BCUT2D eigenvalue weighted by atomic mass is 9.47. The number of aliphatic hydroxyl groups is 1. The normalized spacial score (nSPS) is 52.7. The molecule has 0 aromatic carbocycles. The van der Waals surface area contributed by atoms with Crippen molar-refractivity contribution in [2.24, 2.45) is 28.6 Å². The van der Waals surface area contributed by atoms with E-state index in [1.54, 1.807) is 0 Å². The van der Waals surface area contributed by atoms with E-state index < -0.39 is 0 Å². The Kier molecular flexibility index (Phi) is 2.96. The molecule has 21 heavy (non-hydrogen) atoms. The van der Waals surface area contributed by atoms with Crippen LogP contribution < -0.4 is 0 Å². The van der Waals surface area contributed by atoms with Crippen LogP contribution in [-0.2, 0) is 4.79 Å². The Hall–Kier alpha value is -0.630. The van der Waals surface area contributed by atoms with Crippen LogP contribution in [0.4, 0.5) is 0 Å². The molecule has 2 nitrogen and oxygen atoms in total. The minimum Gasteiger partial charge on any atom is -0.393 e. The van der Waals surface area contributed by atoms with Crippen LogP contribution in [-0.4, -0.2) is 17.0 Å². The van der Waals surface area contributed by atoms with E-state index in [1.165, 1.54) is 31.3 Å². The summed E-state index contributed by atoms with van der Waals surface area (Å²) in [4.78, 5) is 11.8. The van der Waals surface area contributed by atoms with E-state index in [1.807, 2.05) is 6.08 Å². The maximum absolute atomic E-state index is 11.8. The third-order valence-electron chi connectivity index (χ3n) is 7.91. The quantitative estimate of drug-likeness (QED) is 0.734. The van der Waals surface area contributed by atoms with Gasteiger partial charge in [0.1, 0.15) is 0 Å². The first kappa shape index (κ1) is 14.0. The fourth-order valence-corrected chi connectivity index (χ4v) is 6.53. The molecule has 1 N–H and O–H groups in total. The summed E-state index contributed by atoms with van der Waals surface area (Å²) in [5.41, 5.74) is 1.89. The summed E-state index contributed by atoms with van der Waals surface area (Å²) in [5, 5.41) is 10.4. The minimum atomic E-state index is -0.0823. The second-order valence-corrected chi connectivity index (χ2v) is 8.61. The van der Waals surface area contributed by atoms with Gasteiger partial charge in [0.15, 0.2) is 5.78 Å². The number of aliphatic hydroxyl groups excluding tert-OH is 1. The highest BCUT2D eigenvalue weighted by atomic mass is 16.3. The molecule has 2 heteroatoms. The van der Waals surface area contributed by atoms with Crippen molar-refractivity contribution in [2.45, 2.75) is 71.3 Å². The zero-order chi connectivity index (χ0) is 14.8. The molecule has 0 saturated heterocycles. The van der Waals surface area contributed by atoms with Gasteiger partial charge in [0, 0.05) is 6.42 Å². The number of fused-ring (bicyclic) bond motifs is 5. The van der Waals surface area contributed by atoms with Crippen molar-refractivity contribution >= 4 is 5.78 Å². The molecule has 0 aromatic rings. The average Bonchev–Trinajstić information content (AvgIpc) is 2.76. The van der Waals surface area contributed by atoms with E-state index in [9.17, 15) is 9.90 Å². The standard InChI is InChI=1S/C19H28O2/c1-18-9-7-13(20)11-12(18)3-4-14-15-5-6-17(21)19(15,2)10-8-16(14)18/h11,14-17,21H,3-10H2,1-2H3/t14-,15+,16+,17+,18-,19-/m1/s1. The maximum Gasteiger partial charge on any atom is 0.155 e. The fraction of sp³-hybridized carbons (Fsp3) is 0.842. The molecule has 116 valence electrons. The highest BCUT2D eigenvalue weighted by Crippen LogP contribution is 2.65. The molecule has 0 spiro atoms. The Labute approximate surface area is 128 Å². The summed E-state index contributed by atoms with van der Waals surface area (Å²) in [6.07, 6.45) is 10.7. The maximum atomic E-state index is 11.8. The molecule has 3 fully saturated rings. The summed E-state index contributed by atoms with van der Waals surface area (Å²) < 4.78 is 0. The van der Waals surface area contributed by atoms with Crippen molar-refractivity contribution in [1.29, 1.82) is 0 Å². The molecule has 0 bridgehead atoms. The van der Waals surface area contributed by atoms with Gasteiger partial charge in [-0.1, -0.05) is 19.4 Å². The highest BCUT2D eigenvalue weighted by molar-refractivity contribution is 5.91. The smallest absolute Gasteiger partial charge is 0.155 e. The first-order valence-electron chi connectivity index (χ1n) is 8.87. The van der Waals surface area contributed by atoms with Crippen molar-refractivity contribution in [3.05, 3.63) is 11.6 Å². The van der Waals surface area contributed by atoms with Crippen molar-refractivity contribution in [1.82, 2.24) is 0 Å². The number of allylic oxidation sites excluding steroid dienone is 1. The first-order valence-corrected chi connectivity index (χ1v) is 8.87. The summed E-state index contributed by atoms with van der Waals surface area (Å²) in [6, 6.07) is 0. The van der Waals surface area contributed by atoms with Gasteiger partial charge in [0.05, 0.1) is 6.10 Å². The average molecular weight is 288 g/mol. The van der Waals surface area contributed by atoms with Crippen LogP contribution in [0.25, 0.3) is 0 Å². The predicted octanol–water partition coefficient (Wildman–Crippen LogP) is 3.88. The van der Waals surface area contributed by atoms with Crippen LogP contribution in [0, 0.1) is 28.6 Å². The predicted molar refractivity (Wildman–Crippen MR) is 82.7 cm³/mol. The van der Waals surface area contributed by atoms with Crippen LogP contribution in [0.15, 0.2) is 11.6 Å². The molecule has 4 aliphatic rings. The van der Waals surface area contributed by atoms with Crippen LogP contribution in [0.5, 0.6) is 0 Å². The molecule has 0 amide bonds. The van der Waals surface area contributed by atoms with Gasteiger partial charge in [-0.2, -0.15) is 0 Å². The highest BCUT2D eigenvalue weighted by Gasteiger charge is 2.58.